The third kappa shape index (κ3) is 4.12. The first-order chi connectivity index (χ1) is 12.8. The Balaban J connectivity index is 1.38. The Morgan fingerprint density at radius 2 is 1.85 bits per heavy atom. The second-order valence-corrected chi connectivity index (χ2v) is 8.20. The minimum Gasteiger partial charge on any atom is -0.394 e. The number of nitrogens with one attached hydrogen (secondary N) is 1. The van der Waals surface area contributed by atoms with Gasteiger partial charge >= 0.3 is 0 Å². The molecule has 6 heteroatoms. The second kappa shape index (κ2) is 8.53. The van der Waals surface area contributed by atoms with Crippen molar-refractivity contribution in [3.8, 4) is 0 Å². The van der Waals surface area contributed by atoms with Crippen molar-refractivity contribution >= 4 is 11.6 Å². The van der Waals surface area contributed by atoms with Crippen molar-refractivity contribution in [2.45, 2.75) is 75.9 Å². The molecule has 3 heterocycles. The lowest BCUT2D eigenvalue weighted by molar-refractivity contribution is 0.124. The molecular weight excluding hydrogens is 326 g/mol. The Morgan fingerprint density at radius 3 is 2.69 bits per heavy atom. The van der Waals surface area contributed by atoms with E-state index in [4.69, 9.17) is 0 Å². The van der Waals surface area contributed by atoms with Crippen LogP contribution in [-0.4, -0.2) is 64.3 Å². The van der Waals surface area contributed by atoms with Gasteiger partial charge in [0.1, 0.15) is 18.0 Å². The molecule has 2 atom stereocenters. The van der Waals surface area contributed by atoms with Crippen molar-refractivity contribution in [1.29, 1.82) is 0 Å². The summed E-state index contributed by atoms with van der Waals surface area (Å²) in [5.41, 5.74) is 0. The number of rotatable bonds is 5. The van der Waals surface area contributed by atoms with Crippen LogP contribution in [0, 0.1) is 0 Å². The third-order valence-electron chi connectivity index (χ3n) is 6.43. The van der Waals surface area contributed by atoms with Crippen LogP contribution < -0.4 is 10.2 Å². The molecule has 26 heavy (non-hydrogen) atoms. The highest BCUT2D eigenvalue weighted by Gasteiger charge is 2.28. The zero-order chi connectivity index (χ0) is 17.8. The summed E-state index contributed by atoms with van der Waals surface area (Å²) in [5, 5.41) is 13.2. The number of aliphatic hydroxyl groups excluding tert-OH is 1. The van der Waals surface area contributed by atoms with Gasteiger partial charge in [-0.3, -0.25) is 4.90 Å². The van der Waals surface area contributed by atoms with Crippen LogP contribution in [-0.2, 0) is 0 Å². The van der Waals surface area contributed by atoms with Crippen molar-refractivity contribution in [3.63, 3.8) is 0 Å². The second-order valence-electron chi connectivity index (χ2n) is 8.20. The van der Waals surface area contributed by atoms with Crippen molar-refractivity contribution in [2.24, 2.45) is 0 Å². The van der Waals surface area contributed by atoms with E-state index < -0.39 is 0 Å². The molecule has 3 fully saturated rings. The minimum absolute atomic E-state index is 0.200. The molecule has 1 aliphatic carbocycles. The number of piperidine rings is 1. The molecule has 6 nitrogen and oxygen atoms in total. The fourth-order valence-electron chi connectivity index (χ4n) is 5.02. The van der Waals surface area contributed by atoms with Gasteiger partial charge in [0.25, 0.3) is 0 Å². The highest BCUT2D eigenvalue weighted by atomic mass is 16.3. The maximum Gasteiger partial charge on any atom is 0.134 e. The smallest absolute Gasteiger partial charge is 0.134 e. The first-order valence-electron chi connectivity index (χ1n) is 10.5. The van der Waals surface area contributed by atoms with E-state index in [9.17, 15) is 5.11 Å². The number of hydrogen-bond donors (Lipinski definition) is 2. The molecule has 0 aromatic carbocycles. The quantitative estimate of drug-likeness (QED) is 0.843. The van der Waals surface area contributed by atoms with Gasteiger partial charge in [-0.1, -0.05) is 19.3 Å². The number of likely N-dealkylation sites (tertiary alicyclic amines) is 1. The van der Waals surface area contributed by atoms with Gasteiger partial charge in [0.2, 0.25) is 0 Å². The summed E-state index contributed by atoms with van der Waals surface area (Å²) in [4.78, 5) is 13.9. The van der Waals surface area contributed by atoms with Crippen LogP contribution in [0.5, 0.6) is 0 Å². The van der Waals surface area contributed by atoms with E-state index in [1.54, 1.807) is 6.33 Å². The summed E-state index contributed by atoms with van der Waals surface area (Å²) in [7, 11) is 0. The molecule has 1 saturated carbocycles. The zero-order valence-electron chi connectivity index (χ0n) is 15.8. The first-order valence-corrected chi connectivity index (χ1v) is 10.5. The minimum atomic E-state index is 0.200. The summed E-state index contributed by atoms with van der Waals surface area (Å²) in [6.45, 7) is 3.56. The summed E-state index contributed by atoms with van der Waals surface area (Å²) in [6, 6.07) is 3.53. The largest absolute Gasteiger partial charge is 0.394 e. The number of hydrogen-bond acceptors (Lipinski definition) is 6. The lowest BCUT2D eigenvalue weighted by Gasteiger charge is -2.40. The molecule has 2 saturated heterocycles. The van der Waals surface area contributed by atoms with Crippen LogP contribution in [0.1, 0.15) is 57.8 Å². The molecular formula is C20H33N5O. The standard InChI is InChI=1S/C20H33N5O/c26-14-18-9-5-11-25(18)20-12-19(21-15-22-20)23-16-6-4-10-24(13-16)17-7-2-1-3-8-17/h12,15-18,26H,1-11,13-14H2,(H,21,22,23). The molecule has 1 aromatic heterocycles. The van der Waals surface area contributed by atoms with Gasteiger partial charge in [-0.15, -0.1) is 0 Å². The Bertz CT molecular complexity index is 577. The van der Waals surface area contributed by atoms with E-state index in [2.05, 4.69) is 31.2 Å². The Kier molecular flexibility index (Phi) is 5.90. The van der Waals surface area contributed by atoms with E-state index >= 15 is 0 Å². The van der Waals surface area contributed by atoms with Crippen molar-refractivity contribution < 1.29 is 5.11 Å². The molecule has 0 radical (unpaired) electrons. The fraction of sp³-hybridized carbons (Fsp3) is 0.800. The van der Waals surface area contributed by atoms with E-state index in [0.717, 1.165) is 43.6 Å². The van der Waals surface area contributed by atoms with Crippen LogP contribution in [0.25, 0.3) is 0 Å². The molecule has 1 aromatic rings. The van der Waals surface area contributed by atoms with Gasteiger partial charge in [0.05, 0.1) is 12.6 Å². The predicted octanol–water partition coefficient (Wildman–Crippen LogP) is 2.65. The summed E-state index contributed by atoms with van der Waals surface area (Å²) >= 11 is 0. The molecule has 3 aliphatic rings. The molecule has 2 N–H and O–H groups in total. The van der Waals surface area contributed by atoms with Crippen LogP contribution in [0.15, 0.2) is 12.4 Å². The van der Waals surface area contributed by atoms with Crippen LogP contribution in [0.3, 0.4) is 0 Å². The highest BCUT2D eigenvalue weighted by Crippen LogP contribution is 2.27. The highest BCUT2D eigenvalue weighted by molar-refractivity contribution is 5.50. The molecule has 0 amide bonds. The first kappa shape index (κ1) is 18.0. The van der Waals surface area contributed by atoms with Crippen LogP contribution >= 0.6 is 0 Å². The van der Waals surface area contributed by atoms with Gasteiger partial charge in [-0.05, 0) is 45.1 Å². The van der Waals surface area contributed by atoms with E-state index in [1.807, 2.05) is 0 Å². The van der Waals surface area contributed by atoms with Crippen molar-refractivity contribution in [1.82, 2.24) is 14.9 Å². The monoisotopic (exact) mass is 359 g/mol. The number of aromatic nitrogens is 2. The molecule has 0 spiro atoms. The summed E-state index contributed by atoms with van der Waals surface area (Å²) in [6.07, 6.45) is 13.3. The van der Waals surface area contributed by atoms with Crippen LogP contribution in [0.2, 0.25) is 0 Å². The molecule has 0 bridgehead atoms. The SMILES string of the molecule is OCC1CCCN1c1cc(NC2CCCN(C3CCCCC3)C2)ncn1. The van der Waals surface area contributed by atoms with E-state index in [1.165, 1.54) is 51.5 Å². The Labute approximate surface area is 157 Å². The third-order valence-corrected chi connectivity index (χ3v) is 6.43. The predicted molar refractivity (Wildman–Crippen MR) is 105 cm³/mol. The number of nitrogens with zero attached hydrogens (tertiary/aromatic N) is 4. The topological polar surface area (TPSA) is 64.5 Å². The number of anilines is 2. The molecule has 144 valence electrons. The molecule has 4 rings (SSSR count). The molecule has 2 aliphatic heterocycles. The Hall–Kier alpha value is -1.40. The average Bonchev–Trinajstić information content (AvgIpc) is 3.18. The van der Waals surface area contributed by atoms with Gasteiger partial charge < -0.3 is 15.3 Å². The lowest BCUT2D eigenvalue weighted by Crippen LogP contribution is -2.47. The summed E-state index contributed by atoms with van der Waals surface area (Å²) < 4.78 is 0. The van der Waals surface area contributed by atoms with Gasteiger partial charge in [0, 0.05) is 31.2 Å². The number of aliphatic hydroxyl groups is 1. The van der Waals surface area contributed by atoms with Gasteiger partial charge in [-0.25, -0.2) is 9.97 Å². The summed E-state index contributed by atoms with van der Waals surface area (Å²) in [5.74, 6) is 1.87. The normalized spacial score (nSPS) is 28.4. The maximum absolute atomic E-state index is 9.57. The fourth-order valence-corrected chi connectivity index (χ4v) is 5.02. The van der Waals surface area contributed by atoms with Crippen molar-refractivity contribution in [3.05, 3.63) is 12.4 Å². The zero-order valence-corrected chi connectivity index (χ0v) is 15.8. The van der Waals surface area contributed by atoms with E-state index in [0.29, 0.717) is 6.04 Å². The van der Waals surface area contributed by atoms with Crippen molar-refractivity contribution in [2.75, 3.05) is 36.5 Å². The van der Waals surface area contributed by atoms with E-state index in [-0.39, 0.29) is 12.6 Å². The van der Waals surface area contributed by atoms with Crippen LogP contribution in [0.4, 0.5) is 11.6 Å². The lowest BCUT2D eigenvalue weighted by atomic mass is 9.92. The van der Waals surface area contributed by atoms with Gasteiger partial charge in [-0.2, -0.15) is 0 Å². The molecule has 2 unspecified atom stereocenters. The Morgan fingerprint density at radius 1 is 1.00 bits per heavy atom. The average molecular weight is 360 g/mol. The maximum atomic E-state index is 9.57. The van der Waals surface area contributed by atoms with Gasteiger partial charge in [0.15, 0.2) is 0 Å².